The topological polar surface area (TPSA) is 54.2 Å². The molecule has 4 nitrogen and oxygen atoms in total. The van der Waals surface area contributed by atoms with Gasteiger partial charge < -0.3 is 4.90 Å². The Morgan fingerprint density at radius 2 is 2.19 bits per heavy atom. The fraction of sp³-hybridized carbons (Fsp3) is 0.583. The summed E-state index contributed by atoms with van der Waals surface area (Å²) in [7, 11) is 4.08. The summed E-state index contributed by atoms with van der Waals surface area (Å²) < 4.78 is 0. The van der Waals surface area contributed by atoms with Crippen LogP contribution < -0.4 is 11.3 Å². The van der Waals surface area contributed by atoms with Crippen molar-refractivity contribution in [1.29, 1.82) is 0 Å². The number of likely N-dealkylation sites (N-methyl/N-ethyl adjacent to an activating group) is 1. The minimum Gasteiger partial charge on any atom is -0.308 e. The smallest absolute Gasteiger partial charge is 0.0420 e. The lowest BCUT2D eigenvalue weighted by Crippen LogP contribution is -2.43. The maximum atomic E-state index is 5.52. The van der Waals surface area contributed by atoms with Crippen molar-refractivity contribution in [3.05, 3.63) is 29.6 Å². The lowest BCUT2D eigenvalue weighted by Gasteiger charge is -2.19. The highest BCUT2D eigenvalue weighted by atomic mass is 15.3. The number of nitrogens with zero attached hydrogens (tertiary/aromatic N) is 2. The van der Waals surface area contributed by atoms with E-state index in [9.17, 15) is 0 Å². The molecule has 0 saturated carbocycles. The summed E-state index contributed by atoms with van der Waals surface area (Å²) in [5.41, 5.74) is 5.19. The average Bonchev–Trinajstić information content (AvgIpc) is 2.28. The molecule has 0 bridgehead atoms. The third-order valence-corrected chi connectivity index (χ3v) is 2.57. The first-order chi connectivity index (χ1) is 7.65. The van der Waals surface area contributed by atoms with Gasteiger partial charge in [0.25, 0.3) is 0 Å². The van der Waals surface area contributed by atoms with Gasteiger partial charge in [0.15, 0.2) is 0 Å². The molecule has 3 N–H and O–H groups in total. The van der Waals surface area contributed by atoms with Gasteiger partial charge in [0.1, 0.15) is 0 Å². The number of pyridine rings is 1. The van der Waals surface area contributed by atoms with Crippen LogP contribution in [-0.2, 0) is 12.8 Å². The Morgan fingerprint density at radius 1 is 1.44 bits per heavy atom. The fourth-order valence-corrected chi connectivity index (χ4v) is 1.65. The minimum atomic E-state index is 0.245. The van der Waals surface area contributed by atoms with Crippen LogP contribution in [0.5, 0.6) is 0 Å². The van der Waals surface area contributed by atoms with E-state index in [1.165, 1.54) is 5.56 Å². The summed E-state index contributed by atoms with van der Waals surface area (Å²) >= 11 is 0. The largest absolute Gasteiger partial charge is 0.308 e. The molecule has 0 radical (unpaired) electrons. The van der Waals surface area contributed by atoms with Crippen LogP contribution in [0, 0.1) is 0 Å². The number of nitrogens with one attached hydrogen (secondary N) is 1. The van der Waals surface area contributed by atoms with Crippen molar-refractivity contribution in [2.45, 2.75) is 25.8 Å². The molecular weight excluding hydrogens is 200 g/mol. The van der Waals surface area contributed by atoms with Gasteiger partial charge in [-0.1, -0.05) is 13.0 Å². The molecule has 1 unspecified atom stereocenters. The second-order valence-electron chi connectivity index (χ2n) is 4.34. The van der Waals surface area contributed by atoms with Crippen molar-refractivity contribution in [3.63, 3.8) is 0 Å². The fourth-order valence-electron chi connectivity index (χ4n) is 1.65. The van der Waals surface area contributed by atoms with Crippen molar-refractivity contribution in [1.82, 2.24) is 15.3 Å². The Bertz CT molecular complexity index is 294. The second-order valence-corrected chi connectivity index (χ2v) is 4.34. The molecule has 0 amide bonds. The van der Waals surface area contributed by atoms with Crippen molar-refractivity contribution in [2.24, 2.45) is 5.84 Å². The van der Waals surface area contributed by atoms with E-state index in [0.717, 1.165) is 25.1 Å². The van der Waals surface area contributed by atoms with E-state index in [1.54, 1.807) is 0 Å². The van der Waals surface area contributed by atoms with Crippen LogP contribution in [0.1, 0.15) is 18.2 Å². The van der Waals surface area contributed by atoms with E-state index < -0.39 is 0 Å². The van der Waals surface area contributed by atoms with E-state index in [1.807, 2.05) is 20.3 Å². The van der Waals surface area contributed by atoms with Gasteiger partial charge in [-0.3, -0.25) is 16.3 Å². The quantitative estimate of drug-likeness (QED) is 0.546. The zero-order valence-electron chi connectivity index (χ0n) is 10.4. The number of nitrogens with two attached hydrogens (primary N) is 1. The molecule has 1 atom stereocenters. The predicted octanol–water partition coefficient (Wildman–Crippen LogP) is 0.580. The first-order valence-electron chi connectivity index (χ1n) is 5.70. The summed E-state index contributed by atoms with van der Waals surface area (Å²) in [6, 6.07) is 4.46. The molecule has 1 aromatic heterocycles. The van der Waals surface area contributed by atoms with E-state index in [2.05, 4.69) is 34.4 Å². The van der Waals surface area contributed by atoms with Gasteiger partial charge in [0.2, 0.25) is 0 Å². The highest BCUT2D eigenvalue weighted by Gasteiger charge is 2.09. The molecule has 1 rings (SSSR count). The molecule has 0 fully saturated rings. The van der Waals surface area contributed by atoms with Crippen LogP contribution >= 0.6 is 0 Å². The number of aryl methyl sites for hydroxylation is 1. The average molecular weight is 222 g/mol. The molecule has 0 aromatic carbocycles. The second kappa shape index (κ2) is 6.58. The summed E-state index contributed by atoms with van der Waals surface area (Å²) in [4.78, 5) is 6.55. The summed E-state index contributed by atoms with van der Waals surface area (Å²) in [5.74, 6) is 5.52. The monoisotopic (exact) mass is 222 g/mol. The summed E-state index contributed by atoms with van der Waals surface area (Å²) in [6.07, 6.45) is 3.83. The van der Waals surface area contributed by atoms with Crippen molar-refractivity contribution < 1.29 is 0 Å². The van der Waals surface area contributed by atoms with Gasteiger partial charge in [-0.2, -0.15) is 0 Å². The van der Waals surface area contributed by atoms with Crippen molar-refractivity contribution >= 4 is 0 Å². The van der Waals surface area contributed by atoms with Crippen LogP contribution in [0.25, 0.3) is 0 Å². The van der Waals surface area contributed by atoms with E-state index in [-0.39, 0.29) is 6.04 Å². The zero-order valence-corrected chi connectivity index (χ0v) is 10.4. The highest BCUT2D eigenvalue weighted by molar-refractivity contribution is 5.14. The lowest BCUT2D eigenvalue weighted by molar-refractivity contribution is 0.337. The van der Waals surface area contributed by atoms with Crippen molar-refractivity contribution in [2.75, 3.05) is 20.6 Å². The van der Waals surface area contributed by atoms with E-state index in [0.29, 0.717) is 0 Å². The highest BCUT2D eigenvalue weighted by Crippen LogP contribution is 2.04. The van der Waals surface area contributed by atoms with Crippen LogP contribution in [0.4, 0.5) is 0 Å². The Hall–Kier alpha value is -0.970. The van der Waals surface area contributed by atoms with Gasteiger partial charge >= 0.3 is 0 Å². The number of rotatable bonds is 6. The summed E-state index contributed by atoms with van der Waals surface area (Å²) in [5, 5.41) is 0. The number of aromatic nitrogens is 1. The normalized spacial score (nSPS) is 13.1. The lowest BCUT2D eigenvalue weighted by atomic mass is 10.1. The van der Waals surface area contributed by atoms with Crippen LogP contribution in [0.2, 0.25) is 0 Å². The third-order valence-electron chi connectivity index (χ3n) is 2.57. The first kappa shape index (κ1) is 13.1. The summed E-state index contributed by atoms with van der Waals surface area (Å²) in [6.45, 7) is 3.04. The van der Waals surface area contributed by atoms with Crippen LogP contribution in [0.15, 0.2) is 18.3 Å². The Kier molecular flexibility index (Phi) is 5.38. The number of hydrazine groups is 1. The van der Waals surface area contributed by atoms with Gasteiger partial charge in [0, 0.05) is 30.9 Å². The molecule has 4 heteroatoms. The standard InChI is InChI=1S/C12H22N4/c1-4-10-5-6-11(14-8-10)7-12(15-13)9-16(2)3/h5-6,8,12,15H,4,7,9,13H2,1-3H3. The third kappa shape index (κ3) is 4.26. The van der Waals surface area contributed by atoms with Gasteiger partial charge in [-0.05, 0) is 32.1 Å². The molecule has 0 aliphatic heterocycles. The van der Waals surface area contributed by atoms with Gasteiger partial charge in [-0.25, -0.2) is 0 Å². The van der Waals surface area contributed by atoms with Gasteiger partial charge in [0.05, 0.1) is 0 Å². The molecule has 0 aliphatic rings. The SMILES string of the molecule is CCc1ccc(CC(CN(C)C)NN)nc1. The van der Waals surface area contributed by atoms with E-state index >= 15 is 0 Å². The molecule has 0 aliphatic carbocycles. The Morgan fingerprint density at radius 3 is 2.62 bits per heavy atom. The van der Waals surface area contributed by atoms with Crippen molar-refractivity contribution in [3.8, 4) is 0 Å². The molecule has 90 valence electrons. The molecule has 0 spiro atoms. The molecule has 0 saturated heterocycles. The predicted molar refractivity (Wildman–Crippen MR) is 67.0 cm³/mol. The van der Waals surface area contributed by atoms with Crippen LogP contribution in [0.3, 0.4) is 0 Å². The number of hydrogen-bond acceptors (Lipinski definition) is 4. The minimum absolute atomic E-state index is 0.245. The van der Waals surface area contributed by atoms with E-state index in [4.69, 9.17) is 5.84 Å². The van der Waals surface area contributed by atoms with Gasteiger partial charge in [-0.15, -0.1) is 0 Å². The molecule has 1 heterocycles. The molecule has 1 aromatic rings. The molecule has 16 heavy (non-hydrogen) atoms. The first-order valence-corrected chi connectivity index (χ1v) is 5.70. The number of hydrogen-bond donors (Lipinski definition) is 2. The zero-order chi connectivity index (χ0) is 12.0. The Labute approximate surface area is 97.8 Å². The molecular formula is C12H22N4. The maximum Gasteiger partial charge on any atom is 0.0420 e. The maximum absolute atomic E-state index is 5.52. The Balaban J connectivity index is 2.56. The van der Waals surface area contributed by atoms with Crippen LogP contribution in [-0.4, -0.2) is 36.6 Å².